The van der Waals surface area contributed by atoms with E-state index in [2.05, 4.69) is 265 Å². The van der Waals surface area contributed by atoms with Gasteiger partial charge in [0.2, 0.25) is 11.8 Å². The zero-order valence-corrected chi connectivity index (χ0v) is 57.8. The van der Waals surface area contributed by atoms with E-state index < -0.39 is 0 Å². The molecule has 0 amide bonds. The molecule has 5 nitrogen and oxygen atoms in total. The summed E-state index contributed by atoms with van der Waals surface area (Å²) >= 11 is 9.95. The predicted molar refractivity (Wildman–Crippen MR) is 432 cm³/mol. The molecule has 0 aliphatic rings. The Balaban J connectivity index is 0.000000123. The number of fused-ring (bicyclic) bond motifs is 16. The molecule has 20 aromatic rings. The highest BCUT2D eigenvalue weighted by molar-refractivity contribution is 7.26. The zero-order valence-electron chi connectivity index (χ0n) is 55.4. The molecule has 482 valence electrons. The number of hydrogen-bond acceptors (Lipinski definition) is 7. The van der Waals surface area contributed by atoms with E-state index in [1.807, 2.05) is 121 Å². The average molecular weight is 1360 g/mol. The third-order valence-corrected chi connectivity index (χ3v) is 21.2. The van der Waals surface area contributed by atoms with Crippen molar-refractivity contribution < 1.29 is 8.83 Å². The van der Waals surface area contributed by atoms with Crippen molar-refractivity contribution in [2.24, 2.45) is 0 Å². The number of benzene rings is 16. The Kier molecular flexibility index (Phi) is 17.0. The van der Waals surface area contributed by atoms with Gasteiger partial charge >= 0.3 is 0 Å². The molecule has 20 rings (SSSR count). The minimum absolute atomic E-state index is 0.632. The van der Waals surface area contributed by atoms with Crippen LogP contribution in [0.25, 0.3) is 151 Å². The van der Waals surface area contributed by atoms with Crippen LogP contribution in [0.15, 0.2) is 349 Å². The van der Waals surface area contributed by atoms with E-state index in [-0.39, 0.29) is 0 Å². The Morgan fingerprint density at radius 1 is 0.297 bits per heavy atom. The average Bonchev–Trinajstić information content (AvgIpc) is 1.74. The fraction of sp³-hybridized carbons (Fsp3) is 0.0323. The first kappa shape index (κ1) is 62.5. The van der Waals surface area contributed by atoms with Crippen LogP contribution in [-0.2, 0) is 6.42 Å². The molecule has 0 aliphatic heterocycles. The van der Waals surface area contributed by atoms with Gasteiger partial charge in [0.05, 0.1) is 0 Å². The second-order valence-corrected chi connectivity index (χ2v) is 27.5. The van der Waals surface area contributed by atoms with Crippen LogP contribution in [0.4, 0.5) is 17.1 Å². The molecule has 101 heavy (non-hydrogen) atoms. The fourth-order valence-electron chi connectivity index (χ4n) is 13.8. The molecule has 0 saturated carbocycles. The molecule has 0 unspecified atom stereocenters. The first-order valence-corrected chi connectivity index (χ1v) is 36.1. The van der Waals surface area contributed by atoms with Crippen molar-refractivity contribution in [3.63, 3.8) is 0 Å². The van der Waals surface area contributed by atoms with Gasteiger partial charge in [0.15, 0.2) is 11.2 Å². The molecular weight excluding hydrogens is 1290 g/mol. The van der Waals surface area contributed by atoms with Crippen LogP contribution in [0.3, 0.4) is 0 Å². The lowest BCUT2D eigenvalue weighted by Crippen LogP contribution is -2.09. The lowest BCUT2D eigenvalue weighted by Gasteiger charge is -2.26. The van der Waals surface area contributed by atoms with Crippen molar-refractivity contribution in [3.05, 3.63) is 356 Å². The van der Waals surface area contributed by atoms with Gasteiger partial charge in [-0.05, 0) is 175 Å². The molecule has 8 heteroatoms. The number of thiophene rings is 2. The van der Waals surface area contributed by atoms with Gasteiger partial charge in [-0.1, -0.05) is 262 Å². The number of rotatable bonds is 9. The van der Waals surface area contributed by atoms with Crippen LogP contribution < -0.4 is 4.90 Å². The first-order chi connectivity index (χ1) is 49.9. The van der Waals surface area contributed by atoms with E-state index in [1.165, 1.54) is 73.7 Å². The highest BCUT2D eigenvalue weighted by atomic mass is 35.5. The number of anilines is 3. The molecule has 0 bridgehead atoms. The number of nitrogens with zero attached hydrogens (tertiary/aromatic N) is 3. The van der Waals surface area contributed by atoms with Crippen molar-refractivity contribution in [2.75, 3.05) is 4.90 Å². The Morgan fingerprint density at radius 2 is 0.673 bits per heavy atom. The largest absolute Gasteiger partial charge is 0.435 e. The van der Waals surface area contributed by atoms with Gasteiger partial charge in [-0.15, -0.1) is 22.7 Å². The molecule has 0 spiro atoms. The Hall–Kier alpha value is -12.0. The number of oxazole rings is 2. The quantitative estimate of drug-likeness (QED) is 0.135. The third kappa shape index (κ3) is 12.3. The zero-order chi connectivity index (χ0) is 67.8. The maximum Gasteiger partial charge on any atom is 0.227 e. The smallest absolute Gasteiger partial charge is 0.227 e. The third-order valence-electron chi connectivity index (χ3n) is 18.7. The van der Waals surface area contributed by atoms with Crippen molar-refractivity contribution in [1.82, 2.24) is 9.97 Å². The van der Waals surface area contributed by atoms with E-state index in [0.717, 1.165) is 105 Å². The van der Waals surface area contributed by atoms with Gasteiger partial charge in [-0.2, -0.15) is 0 Å². The van der Waals surface area contributed by atoms with E-state index in [9.17, 15) is 0 Å². The lowest BCUT2D eigenvalue weighted by atomic mass is 10.00. The molecular formula is C93H64ClN3O2S2. The van der Waals surface area contributed by atoms with E-state index >= 15 is 0 Å². The number of hydrogen-bond donors (Lipinski definition) is 0. The molecule has 16 aromatic carbocycles. The van der Waals surface area contributed by atoms with Crippen molar-refractivity contribution in [1.29, 1.82) is 0 Å². The predicted octanol–water partition coefficient (Wildman–Crippen LogP) is 28.1. The molecule has 0 saturated heterocycles. The van der Waals surface area contributed by atoms with Crippen LogP contribution >= 0.6 is 34.3 Å². The van der Waals surface area contributed by atoms with Crippen LogP contribution in [0.1, 0.15) is 25.0 Å². The van der Waals surface area contributed by atoms with Crippen LogP contribution in [-0.4, -0.2) is 9.97 Å². The number of halogens is 1. The van der Waals surface area contributed by atoms with Crippen LogP contribution in [0.5, 0.6) is 0 Å². The summed E-state index contributed by atoms with van der Waals surface area (Å²) in [6.07, 6.45) is 0.971. The van der Waals surface area contributed by atoms with Gasteiger partial charge in [0, 0.05) is 84.3 Å². The van der Waals surface area contributed by atoms with Gasteiger partial charge in [-0.3, -0.25) is 0 Å². The second kappa shape index (κ2) is 27.4. The van der Waals surface area contributed by atoms with Gasteiger partial charge < -0.3 is 13.7 Å². The van der Waals surface area contributed by atoms with E-state index in [4.69, 9.17) is 25.4 Å². The highest BCUT2D eigenvalue weighted by Gasteiger charge is 2.20. The Morgan fingerprint density at radius 3 is 1.22 bits per heavy atom. The summed E-state index contributed by atoms with van der Waals surface area (Å²) in [6.45, 7) is 4.00. The summed E-state index contributed by atoms with van der Waals surface area (Å²) in [5.41, 5.74) is 16.2. The second-order valence-electron chi connectivity index (χ2n) is 24.9. The summed E-state index contributed by atoms with van der Waals surface area (Å²) < 4.78 is 18.0. The SMILES string of the molecule is CC.Clc1ccc2ccc3ccc4nc(-c5ccccc5)oc4c3c2c1.c1ccc(-c2ccc(Cc3ccc4c(c3)sc3ccccc34)cc2)cc1.c1ccc(-c2ccc(N(c3ccc4c(c3)sc3ccccc34)c3ccc4ccc5ccc6nc(-c7ccccc7)oc6c5c4c3)cc2)cc1. The van der Waals surface area contributed by atoms with Crippen LogP contribution in [0, 0.1) is 0 Å². The minimum Gasteiger partial charge on any atom is -0.435 e. The summed E-state index contributed by atoms with van der Waals surface area (Å²) in [4.78, 5) is 11.9. The van der Waals surface area contributed by atoms with E-state index in [0.29, 0.717) is 11.8 Å². The van der Waals surface area contributed by atoms with Crippen molar-refractivity contribution >= 4 is 157 Å². The highest BCUT2D eigenvalue weighted by Crippen LogP contribution is 2.45. The molecule has 0 radical (unpaired) electrons. The molecule has 0 aliphatic carbocycles. The Labute approximate surface area is 597 Å². The van der Waals surface area contributed by atoms with Gasteiger partial charge in [0.1, 0.15) is 11.0 Å². The number of aromatic nitrogens is 2. The Bertz CT molecular complexity index is 6390. The summed E-state index contributed by atoms with van der Waals surface area (Å²) in [5.74, 6) is 1.27. The summed E-state index contributed by atoms with van der Waals surface area (Å²) in [5, 5.41) is 14.9. The van der Waals surface area contributed by atoms with Crippen molar-refractivity contribution in [3.8, 4) is 45.2 Å². The topological polar surface area (TPSA) is 55.3 Å². The molecule has 4 heterocycles. The molecule has 0 fully saturated rings. The van der Waals surface area contributed by atoms with Gasteiger partial charge in [-0.25, -0.2) is 9.97 Å². The van der Waals surface area contributed by atoms with Gasteiger partial charge in [0.25, 0.3) is 0 Å². The molecule has 0 atom stereocenters. The first-order valence-electron chi connectivity index (χ1n) is 34.1. The summed E-state index contributed by atoms with van der Waals surface area (Å²) in [7, 11) is 0. The van der Waals surface area contributed by atoms with Crippen LogP contribution in [0.2, 0.25) is 5.02 Å². The molecule has 4 aromatic heterocycles. The maximum atomic E-state index is 6.55. The fourth-order valence-corrected chi connectivity index (χ4v) is 16.3. The molecule has 0 N–H and O–H groups in total. The minimum atomic E-state index is 0.632. The maximum absolute atomic E-state index is 6.55. The lowest BCUT2D eigenvalue weighted by molar-refractivity contribution is 0.623. The van der Waals surface area contributed by atoms with E-state index in [1.54, 1.807) is 0 Å². The monoisotopic (exact) mass is 1350 g/mol. The summed E-state index contributed by atoms with van der Waals surface area (Å²) in [6, 6.07) is 120. The van der Waals surface area contributed by atoms with Crippen molar-refractivity contribution in [2.45, 2.75) is 20.3 Å². The standard InChI is InChI=1S/C45H28N2OS.C25H18S.C21H12ClNO.C2H6/c1-3-9-29(10-4-1)30-17-21-34(22-18-30)47(36-24-25-38-37-13-7-8-14-41(37)49-42(38)28-36)35-23-19-31-15-16-32-20-26-40-44(43(32)39(31)27-35)48-45(46-40)33-11-5-2-6-12-33;1-2-6-20(7-3-1)21-13-10-18(11-14-21)16-19-12-15-23-22-8-4-5-9-24(22)26-25(23)17-19;22-16-10-8-13-6-7-14-9-11-18-20(19(14)17(13)12-16)24-21(23-18)15-4-2-1-3-5-15;1-2/h1-28H;1-15,17H,16H2;1-12H;1-2H3. The normalized spacial score (nSPS) is 11.4.